The Balaban J connectivity index is 2.63. The molecule has 0 aliphatic carbocycles. The lowest BCUT2D eigenvalue weighted by Crippen LogP contribution is -1.88. The van der Waals surface area contributed by atoms with Gasteiger partial charge < -0.3 is 0 Å². The molecule has 0 heterocycles. The molecule has 0 aliphatic rings. The molecule has 0 bridgehead atoms. The molecule has 2 heteroatoms. The first kappa shape index (κ1) is 9.94. The van der Waals surface area contributed by atoms with Gasteiger partial charge in [0, 0.05) is 5.56 Å². The fourth-order valence-corrected chi connectivity index (χ4v) is 1.75. The first-order valence-corrected chi connectivity index (χ1v) is 5.00. The van der Waals surface area contributed by atoms with E-state index in [0.717, 1.165) is 17.4 Å². The molecule has 15 heavy (non-hydrogen) atoms. The van der Waals surface area contributed by atoms with E-state index in [4.69, 9.17) is 11.6 Å². The fraction of sp³-hybridized carbons (Fsp3) is 0. The molecule has 2 aromatic carbocycles. The van der Waals surface area contributed by atoms with Crippen LogP contribution in [0.25, 0.3) is 11.1 Å². The molecule has 0 N–H and O–H groups in total. The number of aldehydes is 1. The van der Waals surface area contributed by atoms with Crippen molar-refractivity contribution >= 4 is 17.9 Å². The third kappa shape index (κ3) is 1.92. The molecule has 2 rings (SSSR count). The maximum atomic E-state index is 10.9. The van der Waals surface area contributed by atoms with Crippen LogP contribution in [0.2, 0.25) is 5.02 Å². The van der Waals surface area contributed by atoms with Gasteiger partial charge in [-0.05, 0) is 17.2 Å². The van der Waals surface area contributed by atoms with Crippen LogP contribution in [0.5, 0.6) is 0 Å². The molecule has 74 valence electrons. The average molecular weight is 217 g/mol. The number of hydrogen-bond acceptors (Lipinski definition) is 1. The van der Waals surface area contributed by atoms with E-state index in [2.05, 4.69) is 0 Å². The normalized spacial score (nSPS) is 9.93. The molecule has 1 nitrogen and oxygen atoms in total. The van der Waals surface area contributed by atoms with Crippen LogP contribution in [0.1, 0.15) is 10.4 Å². The van der Waals surface area contributed by atoms with Crippen LogP contribution in [0.15, 0.2) is 48.5 Å². The number of rotatable bonds is 2. The summed E-state index contributed by atoms with van der Waals surface area (Å²) in [7, 11) is 0. The van der Waals surface area contributed by atoms with Crippen molar-refractivity contribution in [3.05, 3.63) is 59.1 Å². The Hall–Kier alpha value is -1.60. The standard InChI is InChI=1S/C13H9ClO/c14-13-8-4-7-11(12(13)9-15)10-5-2-1-3-6-10/h1-9H. The van der Waals surface area contributed by atoms with E-state index in [1.165, 1.54) is 0 Å². The van der Waals surface area contributed by atoms with Gasteiger partial charge in [-0.1, -0.05) is 54.1 Å². The molecule has 2 aromatic rings. The minimum Gasteiger partial charge on any atom is -0.298 e. The summed E-state index contributed by atoms with van der Waals surface area (Å²) in [5.74, 6) is 0. The van der Waals surface area contributed by atoms with E-state index in [1.807, 2.05) is 42.5 Å². The lowest BCUT2D eigenvalue weighted by molar-refractivity contribution is 0.112. The molecule has 0 aliphatic heterocycles. The highest BCUT2D eigenvalue weighted by molar-refractivity contribution is 6.33. The van der Waals surface area contributed by atoms with Crippen LogP contribution in [0.4, 0.5) is 0 Å². The van der Waals surface area contributed by atoms with E-state index in [9.17, 15) is 4.79 Å². The van der Waals surface area contributed by atoms with Crippen LogP contribution in [0.3, 0.4) is 0 Å². The van der Waals surface area contributed by atoms with Crippen molar-refractivity contribution in [1.82, 2.24) is 0 Å². The van der Waals surface area contributed by atoms with Gasteiger partial charge in [-0.3, -0.25) is 4.79 Å². The van der Waals surface area contributed by atoms with Crippen molar-refractivity contribution in [3.63, 3.8) is 0 Å². The minimum atomic E-state index is 0.492. The van der Waals surface area contributed by atoms with Crippen molar-refractivity contribution in [2.75, 3.05) is 0 Å². The summed E-state index contributed by atoms with van der Waals surface area (Å²) in [6, 6.07) is 15.2. The van der Waals surface area contributed by atoms with Gasteiger partial charge in [-0.15, -0.1) is 0 Å². The predicted octanol–water partition coefficient (Wildman–Crippen LogP) is 3.82. The summed E-state index contributed by atoms with van der Waals surface area (Å²) in [4.78, 5) is 10.9. The summed E-state index contributed by atoms with van der Waals surface area (Å²) in [5.41, 5.74) is 2.42. The Bertz CT molecular complexity index is 477. The number of carbonyl (C=O) groups is 1. The van der Waals surface area contributed by atoms with Gasteiger partial charge in [0.2, 0.25) is 0 Å². The highest BCUT2D eigenvalue weighted by atomic mass is 35.5. The van der Waals surface area contributed by atoms with E-state index in [0.29, 0.717) is 10.6 Å². The molecule has 0 radical (unpaired) electrons. The second kappa shape index (κ2) is 4.28. The van der Waals surface area contributed by atoms with Crippen molar-refractivity contribution in [2.45, 2.75) is 0 Å². The van der Waals surface area contributed by atoms with E-state index in [1.54, 1.807) is 6.07 Å². The lowest BCUT2D eigenvalue weighted by atomic mass is 10.0. The zero-order valence-electron chi connectivity index (χ0n) is 7.98. The van der Waals surface area contributed by atoms with Crippen LogP contribution in [-0.4, -0.2) is 6.29 Å². The molecule has 0 saturated carbocycles. The Kier molecular flexibility index (Phi) is 2.84. The Morgan fingerprint density at radius 1 is 0.933 bits per heavy atom. The van der Waals surface area contributed by atoms with Gasteiger partial charge >= 0.3 is 0 Å². The summed E-state index contributed by atoms with van der Waals surface area (Å²) >= 11 is 5.95. The SMILES string of the molecule is O=Cc1c(Cl)cccc1-c1ccccc1. The molecule has 0 amide bonds. The molecule has 0 fully saturated rings. The fourth-order valence-electron chi connectivity index (χ4n) is 1.53. The van der Waals surface area contributed by atoms with E-state index >= 15 is 0 Å². The number of halogens is 1. The highest BCUT2D eigenvalue weighted by Gasteiger charge is 2.06. The maximum Gasteiger partial charge on any atom is 0.152 e. The van der Waals surface area contributed by atoms with Crippen molar-refractivity contribution < 1.29 is 4.79 Å². The van der Waals surface area contributed by atoms with Crippen LogP contribution < -0.4 is 0 Å². The summed E-state index contributed by atoms with van der Waals surface area (Å²) in [6.45, 7) is 0. The number of hydrogen-bond donors (Lipinski definition) is 0. The van der Waals surface area contributed by atoms with Crippen molar-refractivity contribution in [1.29, 1.82) is 0 Å². The average Bonchev–Trinajstić information content (AvgIpc) is 2.30. The first-order chi connectivity index (χ1) is 7.33. The Morgan fingerprint density at radius 3 is 2.33 bits per heavy atom. The van der Waals surface area contributed by atoms with Gasteiger partial charge in [0.05, 0.1) is 5.02 Å². The first-order valence-electron chi connectivity index (χ1n) is 4.62. The van der Waals surface area contributed by atoms with Gasteiger partial charge in [-0.25, -0.2) is 0 Å². The van der Waals surface area contributed by atoms with Crippen LogP contribution >= 0.6 is 11.6 Å². The summed E-state index contributed by atoms with van der Waals surface area (Å²) in [6.07, 6.45) is 0.796. The second-order valence-electron chi connectivity index (χ2n) is 3.18. The molecular formula is C13H9ClO. The third-order valence-corrected chi connectivity index (χ3v) is 2.59. The quantitative estimate of drug-likeness (QED) is 0.698. The Labute approximate surface area is 93.3 Å². The minimum absolute atomic E-state index is 0.492. The lowest BCUT2D eigenvalue weighted by Gasteiger charge is -2.05. The van der Waals surface area contributed by atoms with Gasteiger partial charge in [0.15, 0.2) is 6.29 Å². The molecule has 0 aromatic heterocycles. The van der Waals surface area contributed by atoms with Crippen LogP contribution in [-0.2, 0) is 0 Å². The smallest absolute Gasteiger partial charge is 0.152 e. The van der Waals surface area contributed by atoms with Gasteiger partial charge in [0.1, 0.15) is 0 Å². The maximum absolute atomic E-state index is 10.9. The molecule has 0 saturated heterocycles. The van der Waals surface area contributed by atoms with E-state index in [-0.39, 0.29) is 0 Å². The third-order valence-electron chi connectivity index (χ3n) is 2.26. The van der Waals surface area contributed by atoms with Crippen molar-refractivity contribution in [3.8, 4) is 11.1 Å². The summed E-state index contributed by atoms with van der Waals surface area (Å²) in [5, 5.41) is 0.492. The zero-order valence-corrected chi connectivity index (χ0v) is 8.74. The second-order valence-corrected chi connectivity index (χ2v) is 3.59. The topological polar surface area (TPSA) is 17.1 Å². The zero-order chi connectivity index (χ0) is 10.7. The van der Waals surface area contributed by atoms with Crippen LogP contribution in [0, 0.1) is 0 Å². The number of benzene rings is 2. The number of carbonyl (C=O) groups excluding carboxylic acids is 1. The summed E-state index contributed by atoms with van der Waals surface area (Å²) < 4.78 is 0. The van der Waals surface area contributed by atoms with E-state index < -0.39 is 0 Å². The van der Waals surface area contributed by atoms with Crippen molar-refractivity contribution in [2.24, 2.45) is 0 Å². The molecule has 0 spiro atoms. The molecular weight excluding hydrogens is 208 g/mol. The Morgan fingerprint density at radius 2 is 1.67 bits per heavy atom. The predicted molar refractivity (Wildman–Crippen MR) is 62.3 cm³/mol. The highest BCUT2D eigenvalue weighted by Crippen LogP contribution is 2.27. The molecule has 0 unspecified atom stereocenters. The monoisotopic (exact) mass is 216 g/mol. The van der Waals surface area contributed by atoms with Gasteiger partial charge in [0.25, 0.3) is 0 Å². The van der Waals surface area contributed by atoms with Gasteiger partial charge in [-0.2, -0.15) is 0 Å². The largest absolute Gasteiger partial charge is 0.298 e. The molecule has 0 atom stereocenters.